The van der Waals surface area contributed by atoms with E-state index in [-0.39, 0.29) is 5.92 Å². The van der Waals surface area contributed by atoms with Crippen molar-refractivity contribution in [3.8, 4) is 23.3 Å². The molecule has 0 aliphatic carbocycles. The van der Waals surface area contributed by atoms with E-state index in [4.69, 9.17) is 19.5 Å². The molecule has 5 heteroatoms. The van der Waals surface area contributed by atoms with E-state index in [2.05, 4.69) is 11.4 Å². The average molecular weight is 264 g/mol. The van der Waals surface area contributed by atoms with Crippen LogP contribution < -0.4 is 19.5 Å². The van der Waals surface area contributed by atoms with Crippen LogP contribution in [-0.2, 0) is 6.54 Å². The van der Waals surface area contributed by atoms with Crippen LogP contribution in [0, 0.1) is 17.2 Å². The highest BCUT2D eigenvalue weighted by Gasteiger charge is 2.15. The zero-order valence-electron chi connectivity index (χ0n) is 11.8. The fraction of sp³-hybridized carbons (Fsp3) is 0.500. The number of benzene rings is 1. The number of nitrogens with one attached hydrogen (secondary N) is 1. The molecule has 0 saturated heterocycles. The number of nitrogens with zero attached hydrogens (tertiary/aromatic N) is 1. The maximum Gasteiger partial charge on any atom is 0.203 e. The van der Waals surface area contributed by atoms with E-state index in [0.29, 0.717) is 30.3 Å². The van der Waals surface area contributed by atoms with Crippen molar-refractivity contribution in [1.82, 2.24) is 5.32 Å². The molecule has 0 bridgehead atoms. The molecule has 1 rings (SSSR count). The van der Waals surface area contributed by atoms with Crippen LogP contribution in [-0.4, -0.2) is 27.9 Å². The zero-order chi connectivity index (χ0) is 14.3. The quantitative estimate of drug-likeness (QED) is 0.815. The monoisotopic (exact) mass is 264 g/mol. The van der Waals surface area contributed by atoms with Crippen LogP contribution >= 0.6 is 0 Å². The molecule has 0 aliphatic rings. The van der Waals surface area contributed by atoms with E-state index in [0.717, 1.165) is 5.56 Å². The second-order valence-electron chi connectivity index (χ2n) is 4.15. The van der Waals surface area contributed by atoms with E-state index in [1.807, 2.05) is 19.1 Å². The van der Waals surface area contributed by atoms with Gasteiger partial charge in [0.05, 0.1) is 33.3 Å². The largest absolute Gasteiger partial charge is 0.493 e. The van der Waals surface area contributed by atoms with Crippen LogP contribution in [0.15, 0.2) is 12.1 Å². The van der Waals surface area contributed by atoms with Gasteiger partial charge in [0, 0.05) is 18.7 Å². The van der Waals surface area contributed by atoms with E-state index in [9.17, 15) is 0 Å². The number of methoxy groups -OCH3 is 3. The Morgan fingerprint density at radius 1 is 1.16 bits per heavy atom. The minimum absolute atomic E-state index is 0.0221. The van der Waals surface area contributed by atoms with Gasteiger partial charge in [0.25, 0.3) is 0 Å². The highest BCUT2D eigenvalue weighted by atomic mass is 16.5. The van der Waals surface area contributed by atoms with Gasteiger partial charge < -0.3 is 19.5 Å². The highest BCUT2D eigenvalue weighted by molar-refractivity contribution is 5.55. The minimum atomic E-state index is -0.0221. The molecular weight excluding hydrogens is 244 g/mol. The number of rotatable bonds is 7. The smallest absolute Gasteiger partial charge is 0.203 e. The summed E-state index contributed by atoms with van der Waals surface area (Å²) < 4.78 is 15.9. The number of nitriles is 1. The summed E-state index contributed by atoms with van der Waals surface area (Å²) in [6.45, 7) is 3.11. The summed E-state index contributed by atoms with van der Waals surface area (Å²) in [5.74, 6) is 1.84. The van der Waals surface area contributed by atoms with E-state index in [1.165, 1.54) is 0 Å². The minimum Gasteiger partial charge on any atom is -0.493 e. The second kappa shape index (κ2) is 7.49. The van der Waals surface area contributed by atoms with Crippen LogP contribution in [0.4, 0.5) is 0 Å². The molecule has 19 heavy (non-hydrogen) atoms. The molecule has 0 amide bonds. The Kier molecular flexibility index (Phi) is 5.97. The third-order valence-corrected chi connectivity index (χ3v) is 2.77. The standard InChI is InChI=1S/C14H20N2O3/c1-10(7-15)8-16-9-11-5-6-12(17-2)14(19-4)13(11)18-3/h5-6,10,16H,8-9H2,1-4H3. The lowest BCUT2D eigenvalue weighted by molar-refractivity contribution is 0.321. The average Bonchev–Trinajstić information content (AvgIpc) is 2.45. The Bertz CT molecular complexity index is 455. The second-order valence-corrected chi connectivity index (χ2v) is 4.15. The van der Waals surface area contributed by atoms with Crippen LogP contribution in [0.1, 0.15) is 12.5 Å². The van der Waals surface area contributed by atoms with Gasteiger partial charge in [-0.1, -0.05) is 6.07 Å². The predicted octanol–water partition coefficient (Wildman–Crippen LogP) is 1.96. The van der Waals surface area contributed by atoms with Crippen LogP contribution in [0.25, 0.3) is 0 Å². The van der Waals surface area contributed by atoms with Crippen LogP contribution in [0.3, 0.4) is 0 Å². The molecule has 1 unspecified atom stereocenters. The first-order chi connectivity index (χ1) is 9.17. The Hall–Kier alpha value is -1.93. The fourth-order valence-corrected chi connectivity index (χ4v) is 1.77. The highest BCUT2D eigenvalue weighted by Crippen LogP contribution is 2.39. The van der Waals surface area contributed by atoms with Crippen molar-refractivity contribution in [2.45, 2.75) is 13.5 Å². The number of hydrogen-bond acceptors (Lipinski definition) is 5. The van der Waals surface area contributed by atoms with E-state index >= 15 is 0 Å². The molecular formula is C14H20N2O3. The topological polar surface area (TPSA) is 63.5 Å². The van der Waals surface area contributed by atoms with Crippen LogP contribution in [0.5, 0.6) is 17.2 Å². The van der Waals surface area contributed by atoms with E-state index in [1.54, 1.807) is 21.3 Å². The van der Waals surface area contributed by atoms with Gasteiger partial charge in [0.1, 0.15) is 0 Å². The van der Waals surface area contributed by atoms with Gasteiger partial charge in [-0.25, -0.2) is 0 Å². The Morgan fingerprint density at radius 2 is 1.84 bits per heavy atom. The van der Waals surface area contributed by atoms with Gasteiger partial charge in [-0.15, -0.1) is 0 Å². The molecule has 1 atom stereocenters. The lowest BCUT2D eigenvalue weighted by Crippen LogP contribution is -2.20. The Labute approximate surface area is 114 Å². The summed E-state index contributed by atoms with van der Waals surface area (Å²) in [5.41, 5.74) is 0.963. The number of ether oxygens (including phenoxy) is 3. The van der Waals surface area contributed by atoms with Crippen LogP contribution in [0.2, 0.25) is 0 Å². The Morgan fingerprint density at radius 3 is 2.37 bits per heavy atom. The molecule has 1 aromatic carbocycles. The van der Waals surface area contributed by atoms with Gasteiger partial charge in [-0.2, -0.15) is 5.26 Å². The van der Waals surface area contributed by atoms with Gasteiger partial charge in [-0.05, 0) is 13.0 Å². The molecule has 5 nitrogen and oxygen atoms in total. The fourth-order valence-electron chi connectivity index (χ4n) is 1.77. The van der Waals surface area contributed by atoms with Crippen molar-refractivity contribution in [1.29, 1.82) is 5.26 Å². The molecule has 0 saturated carbocycles. The first kappa shape index (κ1) is 15.1. The van der Waals surface area contributed by atoms with Crippen molar-refractivity contribution >= 4 is 0 Å². The van der Waals surface area contributed by atoms with Gasteiger partial charge in [0.2, 0.25) is 5.75 Å². The predicted molar refractivity (Wildman–Crippen MR) is 72.6 cm³/mol. The number of hydrogen-bond donors (Lipinski definition) is 1. The first-order valence-electron chi connectivity index (χ1n) is 6.06. The molecule has 0 aromatic heterocycles. The summed E-state index contributed by atoms with van der Waals surface area (Å²) in [4.78, 5) is 0. The summed E-state index contributed by atoms with van der Waals surface area (Å²) in [7, 11) is 4.76. The molecule has 0 aliphatic heterocycles. The molecule has 0 fully saturated rings. The summed E-state index contributed by atoms with van der Waals surface area (Å²) in [5, 5.41) is 11.9. The molecule has 104 valence electrons. The normalized spacial score (nSPS) is 11.5. The molecule has 0 radical (unpaired) electrons. The van der Waals surface area contributed by atoms with Crippen molar-refractivity contribution in [3.63, 3.8) is 0 Å². The van der Waals surface area contributed by atoms with Gasteiger partial charge in [0.15, 0.2) is 11.5 Å². The lowest BCUT2D eigenvalue weighted by Gasteiger charge is -2.16. The summed E-state index contributed by atoms with van der Waals surface area (Å²) >= 11 is 0. The van der Waals surface area contributed by atoms with Gasteiger partial charge in [-0.3, -0.25) is 0 Å². The molecule has 1 N–H and O–H groups in total. The van der Waals surface area contributed by atoms with Crippen molar-refractivity contribution in [2.75, 3.05) is 27.9 Å². The zero-order valence-corrected chi connectivity index (χ0v) is 11.8. The van der Waals surface area contributed by atoms with Crippen molar-refractivity contribution < 1.29 is 14.2 Å². The Balaban J connectivity index is 2.86. The summed E-state index contributed by atoms with van der Waals surface area (Å²) in [6, 6.07) is 5.94. The maximum absolute atomic E-state index is 8.73. The van der Waals surface area contributed by atoms with E-state index < -0.39 is 0 Å². The first-order valence-corrected chi connectivity index (χ1v) is 6.06. The third-order valence-electron chi connectivity index (χ3n) is 2.77. The van der Waals surface area contributed by atoms with Crippen molar-refractivity contribution in [2.24, 2.45) is 5.92 Å². The molecule has 0 heterocycles. The third kappa shape index (κ3) is 3.76. The maximum atomic E-state index is 8.73. The molecule has 1 aromatic rings. The SMILES string of the molecule is COc1ccc(CNCC(C)C#N)c(OC)c1OC. The lowest BCUT2D eigenvalue weighted by atomic mass is 10.1. The molecule has 0 spiro atoms. The van der Waals surface area contributed by atoms with Crippen molar-refractivity contribution in [3.05, 3.63) is 17.7 Å². The van der Waals surface area contributed by atoms with Gasteiger partial charge >= 0.3 is 0 Å². The summed E-state index contributed by atoms with van der Waals surface area (Å²) in [6.07, 6.45) is 0.